The number of fused-ring (bicyclic) bond motifs is 1. The Labute approximate surface area is 198 Å². The highest BCUT2D eigenvalue weighted by atomic mass is 32.2. The number of hydrogen-bond donors (Lipinski definition) is 1. The van der Waals surface area contributed by atoms with Crippen molar-refractivity contribution in [2.24, 2.45) is 0 Å². The molecule has 0 saturated heterocycles. The third kappa shape index (κ3) is 4.90. The van der Waals surface area contributed by atoms with E-state index in [2.05, 4.69) is 48.1 Å². The molecule has 0 radical (unpaired) electrons. The Balaban J connectivity index is 1.58. The molecule has 2 N–H and O–H groups in total. The van der Waals surface area contributed by atoms with E-state index in [1.54, 1.807) is 19.1 Å². The number of nitrogens with zero attached hydrogens (tertiary/aromatic N) is 3. The molecule has 33 heavy (non-hydrogen) atoms. The number of methoxy groups -OCH3 is 2. The minimum absolute atomic E-state index is 0.104. The van der Waals surface area contributed by atoms with Crippen LogP contribution in [0, 0.1) is 0 Å². The number of amides is 1. The first-order valence-electron chi connectivity index (χ1n) is 10.8. The van der Waals surface area contributed by atoms with E-state index in [4.69, 9.17) is 15.2 Å². The summed E-state index contributed by atoms with van der Waals surface area (Å²) in [4.78, 5) is 24.9. The normalized spacial score (nSPS) is 13.2. The van der Waals surface area contributed by atoms with Gasteiger partial charge in [-0.25, -0.2) is 9.97 Å². The lowest BCUT2D eigenvalue weighted by molar-refractivity contribution is 0.0717. The maximum atomic E-state index is 13.3. The molecule has 1 aliphatic rings. The number of nitrogens with two attached hydrogens (primary N) is 1. The molecule has 0 aliphatic carbocycles. The van der Waals surface area contributed by atoms with Crippen molar-refractivity contribution < 1.29 is 14.3 Å². The topological polar surface area (TPSA) is 90.6 Å². The van der Waals surface area contributed by atoms with Crippen LogP contribution in [-0.2, 0) is 13.0 Å². The quantitative estimate of drug-likeness (QED) is 0.513. The summed E-state index contributed by atoms with van der Waals surface area (Å²) >= 11 is 1.52. The summed E-state index contributed by atoms with van der Waals surface area (Å²) in [6.45, 7) is 5.31. The van der Waals surface area contributed by atoms with Crippen molar-refractivity contribution >= 4 is 23.6 Å². The zero-order valence-corrected chi connectivity index (χ0v) is 20.1. The fourth-order valence-electron chi connectivity index (χ4n) is 3.84. The molecular formula is C25H28N4O3S. The van der Waals surface area contributed by atoms with E-state index < -0.39 is 0 Å². The molecule has 1 amide bonds. The van der Waals surface area contributed by atoms with Crippen molar-refractivity contribution in [1.29, 1.82) is 0 Å². The van der Waals surface area contributed by atoms with E-state index in [1.807, 2.05) is 18.2 Å². The largest absolute Gasteiger partial charge is 0.497 e. The van der Waals surface area contributed by atoms with E-state index >= 15 is 0 Å². The number of anilines is 1. The molecule has 8 heteroatoms. The van der Waals surface area contributed by atoms with Crippen molar-refractivity contribution in [3.63, 3.8) is 0 Å². The zero-order valence-electron chi connectivity index (χ0n) is 19.3. The lowest BCUT2D eigenvalue weighted by Crippen LogP contribution is -2.38. The monoisotopic (exact) mass is 464 g/mol. The van der Waals surface area contributed by atoms with Gasteiger partial charge in [-0.1, -0.05) is 37.7 Å². The van der Waals surface area contributed by atoms with Crippen molar-refractivity contribution in [2.45, 2.75) is 42.7 Å². The summed E-state index contributed by atoms with van der Waals surface area (Å²) < 4.78 is 10.8. The van der Waals surface area contributed by atoms with Gasteiger partial charge in [-0.05, 0) is 42.2 Å². The summed E-state index contributed by atoms with van der Waals surface area (Å²) in [5.41, 5.74) is 9.41. The molecule has 0 fully saturated rings. The standard InChI is InChI=1S/C25H28N4O3S/c1-15(2)16-6-9-19(10-7-16)33-23-20-11-12-29(24(30)22(20)27-25(26)28-23)14-17-5-8-18(31-3)13-21(17)32-4/h5-10,13,15H,11-12,14H2,1-4H3,(H2,26,27,28). The molecule has 0 bridgehead atoms. The summed E-state index contributed by atoms with van der Waals surface area (Å²) in [6.07, 6.45) is 0.659. The number of nitrogen functional groups attached to an aromatic ring is 1. The summed E-state index contributed by atoms with van der Waals surface area (Å²) in [6, 6.07) is 14.0. The highest BCUT2D eigenvalue weighted by Crippen LogP contribution is 2.34. The predicted molar refractivity (Wildman–Crippen MR) is 129 cm³/mol. The van der Waals surface area contributed by atoms with Gasteiger partial charge in [0.25, 0.3) is 5.91 Å². The average molecular weight is 465 g/mol. The fourth-order valence-corrected chi connectivity index (χ4v) is 4.79. The van der Waals surface area contributed by atoms with Gasteiger partial charge in [-0.2, -0.15) is 0 Å². The lowest BCUT2D eigenvalue weighted by Gasteiger charge is -2.29. The van der Waals surface area contributed by atoms with Gasteiger partial charge in [0, 0.05) is 35.2 Å². The van der Waals surface area contributed by atoms with Crippen LogP contribution in [0.15, 0.2) is 52.4 Å². The van der Waals surface area contributed by atoms with Gasteiger partial charge in [-0.15, -0.1) is 0 Å². The molecule has 2 aromatic carbocycles. The van der Waals surface area contributed by atoms with Crippen LogP contribution in [0.3, 0.4) is 0 Å². The fraction of sp³-hybridized carbons (Fsp3) is 0.320. The number of carbonyl (C=O) groups is 1. The van der Waals surface area contributed by atoms with Crippen LogP contribution in [0.25, 0.3) is 0 Å². The highest BCUT2D eigenvalue weighted by molar-refractivity contribution is 7.99. The van der Waals surface area contributed by atoms with Crippen LogP contribution < -0.4 is 15.2 Å². The molecule has 2 heterocycles. The van der Waals surface area contributed by atoms with Crippen LogP contribution >= 0.6 is 11.8 Å². The SMILES string of the molecule is COc1ccc(CN2CCc3c(Sc4ccc(C(C)C)cc4)nc(N)nc3C2=O)c(OC)c1. The second-order valence-corrected chi connectivity index (χ2v) is 9.26. The van der Waals surface area contributed by atoms with Crippen LogP contribution in [-0.4, -0.2) is 41.5 Å². The third-order valence-corrected chi connectivity index (χ3v) is 6.76. The van der Waals surface area contributed by atoms with E-state index in [9.17, 15) is 4.79 Å². The van der Waals surface area contributed by atoms with Gasteiger partial charge < -0.3 is 20.1 Å². The number of aromatic nitrogens is 2. The molecule has 4 rings (SSSR count). The Morgan fingerprint density at radius 3 is 2.52 bits per heavy atom. The molecular weight excluding hydrogens is 436 g/mol. The first-order valence-corrected chi connectivity index (χ1v) is 11.7. The third-order valence-electron chi connectivity index (χ3n) is 5.72. The van der Waals surface area contributed by atoms with Crippen molar-refractivity contribution in [3.8, 4) is 11.5 Å². The summed E-state index contributed by atoms with van der Waals surface area (Å²) in [7, 11) is 3.22. The molecule has 172 valence electrons. The molecule has 7 nitrogen and oxygen atoms in total. The second kappa shape index (κ2) is 9.70. The Morgan fingerprint density at radius 1 is 1.09 bits per heavy atom. The molecule has 1 aromatic heterocycles. The van der Waals surface area contributed by atoms with Gasteiger partial charge in [0.1, 0.15) is 22.2 Å². The van der Waals surface area contributed by atoms with Crippen LogP contribution in [0.2, 0.25) is 0 Å². The Bertz CT molecular complexity index is 1170. The molecule has 0 saturated carbocycles. The predicted octanol–water partition coefficient (Wildman–Crippen LogP) is 4.55. The van der Waals surface area contributed by atoms with Crippen LogP contribution in [0.5, 0.6) is 11.5 Å². The molecule has 0 unspecified atom stereocenters. The average Bonchev–Trinajstić information content (AvgIpc) is 2.81. The Hall–Kier alpha value is -3.26. The Morgan fingerprint density at radius 2 is 1.85 bits per heavy atom. The molecule has 0 spiro atoms. The molecule has 3 aromatic rings. The minimum atomic E-state index is -0.153. The van der Waals surface area contributed by atoms with E-state index in [1.165, 1.54) is 17.3 Å². The Kier molecular flexibility index (Phi) is 6.74. The van der Waals surface area contributed by atoms with Gasteiger partial charge in [0.05, 0.1) is 14.2 Å². The van der Waals surface area contributed by atoms with E-state index in [-0.39, 0.29) is 11.9 Å². The van der Waals surface area contributed by atoms with Crippen LogP contribution in [0.4, 0.5) is 5.95 Å². The van der Waals surface area contributed by atoms with Crippen molar-refractivity contribution in [2.75, 3.05) is 26.5 Å². The van der Waals surface area contributed by atoms with Crippen LogP contribution in [0.1, 0.15) is 46.9 Å². The first-order chi connectivity index (χ1) is 15.9. The van der Waals surface area contributed by atoms with Gasteiger partial charge in [-0.3, -0.25) is 4.79 Å². The lowest BCUT2D eigenvalue weighted by atomic mass is 10.0. The summed E-state index contributed by atoms with van der Waals surface area (Å²) in [5, 5.41) is 0.741. The van der Waals surface area contributed by atoms with Gasteiger partial charge >= 0.3 is 0 Å². The second-order valence-electron chi connectivity index (χ2n) is 8.19. The smallest absolute Gasteiger partial charge is 0.273 e. The van der Waals surface area contributed by atoms with Crippen molar-refractivity contribution in [1.82, 2.24) is 14.9 Å². The maximum Gasteiger partial charge on any atom is 0.273 e. The highest BCUT2D eigenvalue weighted by Gasteiger charge is 2.30. The van der Waals surface area contributed by atoms with Gasteiger partial charge in [0.15, 0.2) is 0 Å². The van der Waals surface area contributed by atoms with E-state index in [0.717, 1.165) is 21.0 Å². The minimum Gasteiger partial charge on any atom is -0.497 e. The van der Waals surface area contributed by atoms with E-state index in [0.29, 0.717) is 42.6 Å². The summed E-state index contributed by atoms with van der Waals surface area (Å²) in [5.74, 6) is 1.80. The van der Waals surface area contributed by atoms with Gasteiger partial charge in [0.2, 0.25) is 5.95 Å². The molecule has 0 atom stereocenters. The zero-order chi connectivity index (χ0) is 23.5. The first kappa shape index (κ1) is 22.9. The number of ether oxygens (including phenoxy) is 2. The number of benzene rings is 2. The number of rotatable bonds is 7. The molecule has 1 aliphatic heterocycles. The number of hydrogen-bond acceptors (Lipinski definition) is 7. The maximum absolute atomic E-state index is 13.3. The van der Waals surface area contributed by atoms with Crippen molar-refractivity contribution in [3.05, 3.63) is 64.8 Å². The number of carbonyl (C=O) groups excluding carboxylic acids is 1.